The zero-order chi connectivity index (χ0) is 21.2. The van der Waals surface area contributed by atoms with Crippen molar-refractivity contribution in [1.29, 1.82) is 0 Å². The van der Waals surface area contributed by atoms with E-state index in [0.717, 1.165) is 41.8 Å². The highest BCUT2D eigenvalue weighted by atomic mass is 19.1. The predicted molar refractivity (Wildman–Crippen MR) is 116 cm³/mol. The zero-order valence-electron chi connectivity index (χ0n) is 17.2. The summed E-state index contributed by atoms with van der Waals surface area (Å²) in [5.74, 6) is -0.482. The second-order valence-corrected chi connectivity index (χ2v) is 8.98. The molecule has 0 N–H and O–H groups in total. The van der Waals surface area contributed by atoms with E-state index in [-0.39, 0.29) is 22.7 Å². The molecule has 1 fully saturated rings. The molecule has 0 bridgehead atoms. The predicted octanol–water partition coefficient (Wildman–Crippen LogP) is 5.74. The summed E-state index contributed by atoms with van der Waals surface area (Å²) < 4.78 is 35.1. The molecule has 156 valence electrons. The monoisotopic (exact) mass is 416 g/mol. The highest BCUT2D eigenvalue weighted by Crippen LogP contribution is 2.59. The van der Waals surface area contributed by atoms with Crippen molar-refractivity contribution in [2.75, 3.05) is 6.61 Å². The average Bonchev–Trinajstić information content (AvgIpc) is 3.45. The van der Waals surface area contributed by atoms with Crippen molar-refractivity contribution in [3.05, 3.63) is 94.8 Å². The Kier molecular flexibility index (Phi) is 3.90. The summed E-state index contributed by atoms with van der Waals surface area (Å²) in [7, 11) is 0. The highest BCUT2D eigenvalue weighted by molar-refractivity contribution is 5.72. The van der Waals surface area contributed by atoms with Gasteiger partial charge in [-0.25, -0.2) is 13.5 Å². The highest BCUT2D eigenvalue weighted by Gasteiger charge is 2.57. The molecule has 0 unspecified atom stereocenters. The third-order valence-electron chi connectivity index (χ3n) is 7.33. The van der Waals surface area contributed by atoms with Crippen molar-refractivity contribution in [2.24, 2.45) is 5.41 Å². The molecule has 2 heterocycles. The van der Waals surface area contributed by atoms with E-state index in [1.54, 1.807) is 12.1 Å². The van der Waals surface area contributed by atoms with E-state index in [1.165, 1.54) is 35.4 Å². The van der Waals surface area contributed by atoms with E-state index >= 15 is 0 Å². The summed E-state index contributed by atoms with van der Waals surface area (Å²) in [6.45, 7) is 2.82. The Hall–Kier alpha value is -3.05. The Morgan fingerprint density at radius 2 is 1.71 bits per heavy atom. The summed E-state index contributed by atoms with van der Waals surface area (Å²) in [6.07, 6.45) is 9.16. The van der Waals surface area contributed by atoms with E-state index in [1.807, 2.05) is 23.0 Å². The van der Waals surface area contributed by atoms with Crippen molar-refractivity contribution < 1.29 is 13.5 Å². The molecule has 3 aliphatic rings. The molecular weight excluding hydrogens is 394 g/mol. The second kappa shape index (κ2) is 6.47. The first-order valence-electron chi connectivity index (χ1n) is 10.6. The van der Waals surface area contributed by atoms with Gasteiger partial charge in [-0.1, -0.05) is 24.6 Å². The lowest BCUT2D eigenvalue weighted by atomic mass is 9.67. The van der Waals surface area contributed by atoms with Crippen LogP contribution < -0.4 is 0 Å². The summed E-state index contributed by atoms with van der Waals surface area (Å²) in [5, 5.41) is 4.60. The number of hydrogen-bond donors (Lipinski definition) is 0. The van der Waals surface area contributed by atoms with Gasteiger partial charge in [-0.05, 0) is 84.5 Å². The fourth-order valence-electron chi connectivity index (χ4n) is 5.52. The lowest BCUT2D eigenvalue weighted by Gasteiger charge is -2.42. The van der Waals surface area contributed by atoms with E-state index in [0.29, 0.717) is 6.61 Å². The lowest BCUT2D eigenvalue weighted by molar-refractivity contribution is -0.0381. The molecule has 3 nitrogen and oxygen atoms in total. The van der Waals surface area contributed by atoms with Crippen molar-refractivity contribution >= 4 is 11.6 Å². The fourth-order valence-corrected chi connectivity index (χ4v) is 5.52. The van der Waals surface area contributed by atoms with E-state index in [4.69, 9.17) is 4.74 Å². The molecule has 2 aromatic carbocycles. The van der Waals surface area contributed by atoms with Crippen LogP contribution in [0.1, 0.15) is 36.6 Å². The summed E-state index contributed by atoms with van der Waals surface area (Å²) in [4.78, 5) is 0. The van der Waals surface area contributed by atoms with Crippen LogP contribution in [0.5, 0.6) is 0 Å². The second-order valence-electron chi connectivity index (χ2n) is 8.98. The molecule has 5 heteroatoms. The Morgan fingerprint density at radius 1 is 1.00 bits per heavy atom. The number of rotatable bonds is 2. The summed E-state index contributed by atoms with van der Waals surface area (Å²) in [5.41, 5.74) is 6.07. The van der Waals surface area contributed by atoms with Crippen LogP contribution in [0.2, 0.25) is 0 Å². The molecule has 2 aliphatic carbocycles. The van der Waals surface area contributed by atoms with E-state index in [9.17, 15) is 8.78 Å². The minimum absolute atomic E-state index is 0.154. The number of aromatic nitrogens is 2. The zero-order valence-corrected chi connectivity index (χ0v) is 17.2. The van der Waals surface area contributed by atoms with Gasteiger partial charge >= 0.3 is 0 Å². The van der Waals surface area contributed by atoms with Gasteiger partial charge in [0.05, 0.1) is 29.8 Å². The van der Waals surface area contributed by atoms with Crippen molar-refractivity contribution in [3.8, 4) is 5.69 Å². The quantitative estimate of drug-likeness (QED) is 0.532. The van der Waals surface area contributed by atoms with Crippen LogP contribution in [0, 0.1) is 17.0 Å². The normalized spacial score (nSPS) is 26.5. The van der Waals surface area contributed by atoms with Crippen molar-refractivity contribution in [1.82, 2.24) is 9.78 Å². The van der Waals surface area contributed by atoms with Crippen molar-refractivity contribution in [2.45, 2.75) is 31.8 Å². The third kappa shape index (κ3) is 2.69. The Balaban J connectivity index is 1.38. The number of fused-ring (bicyclic) bond motifs is 3. The maximum atomic E-state index is 13.4. The van der Waals surface area contributed by atoms with Crippen LogP contribution in [0.3, 0.4) is 0 Å². The number of halogens is 2. The topological polar surface area (TPSA) is 27.1 Å². The van der Waals surface area contributed by atoms with Crippen LogP contribution in [0.4, 0.5) is 8.78 Å². The minimum Gasteiger partial charge on any atom is -0.365 e. The maximum Gasteiger partial charge on any atom is 0.123 e. The molecule has 0 amide bonds. The molecule has 6 rings (SSSR count). The van der Waals surface area contributed by atoms with Gasteiger partial charge in [-0.3, -0.25) is 0 Å². The molecule has 0 saturated heterocycles. The SMILES string of the molecule is C[C@]12Cc3cnn(-c4ccc(F)cc4)c3C=C1CC[C@@]21C=C(c2ccc(F)cc2)CO1. The molecule has 1 spiro atoms. The van der Waals surface area contributed by atoms with Gasteiger partial charge in [-0.2, -0.15) is 5.10 Å². The third-order valence-corrected chi connectivity index (χ3v) is 7.33. The van der Waals surface area contributed by atoms with Gasteiger partial charge in [0.25, 0.3) is 0 Å². The smallest absolute Gasteiger partial charge is 0.123 e. The van der Waals surface area contributed by atoms with Gasteiger partial charge in [0, 0.05) is 5.41 Å². The first-order chi connectivity index (χ1) is 15.0. The van der Waals surface area contributed by atoms with Crippen LogP contribution in [0.25, 0.3) is 17.3 Å². The Morgan fingerprint density at radius 3 is 2.45 bits per heavy atom. The van der Waals surface area contributed by atoms with Crippen LogP contribution in [0.15, 0.2) is 66.4 Å². The summed E-state index contributed by atoms with van der Waals surface area (Å²) >= 11 is 0. The Labute approximate surface area is 179 Å². The molecule has 2 atom stereocenters. The fraction of sp³-hybridized carbons (Fsp3) is 0.269. The minimum atomic E-state index is -0.363. The van der Waals surface area contributed by atoms with Gasteiger partial charge in [0.15, 0.2) is 0 Å². The lowest BCUT2D eigenvalue weighted by Crippen LogP contribution is -2.44. The van der Waals surface area contributed by atoms with Crippen molar-refractivity contribution in [3.63, 3.8) is 0 Å². The molecule has 0 radical (unpaired) electrons. The maximum absolute atomic E-state index is 13.4. The summed E-state index contributed by atoms with van der Waals surface area (Å²) in [6, 6.07) is 13.1. The van der Waals surface area contributed by atoms with E-state index in [2.05, 4.69) is 24.2 Å². The number of benzene rings is 2. The first-order valence-corrected chi connectivity index (χ1v) is 10.6. The van der Waals surface area contributed by atoms with Crippen LogP contribution in [-0.4, -0.2) is 22.0 Å². The molecule has 1 aliphatic heterocycles. The Bertz CT molecular complexity index is 1240. The molecule has 1 saturated carbocycles. The van der Waals surface area contributed by atoms with Crippen LogP contribution in [-0.2, 0) is 11.2 Å². The molecule has 31 heavy (non-hydrogen) atoms. The number of ether oxygens (including phenoxy) is 1. The average molecular weight is 416 g/mol. The van der Waals surface area contributed by atoms with Crippen LogP contribution >= 0.6 is 0 Å². The number of nitrogens with zero attached hydrogens (tertiary/aromatic N) is 2. The van der Waals surface area contributed by atoms with Gasteiger partial charge in [0.2, 0.25) is 0 Å². The van der Waals surface area contributed by atoms with Gasteiger partial charge in [-0.15, -0.1) is 0 Å². The largest absolute Gasteiger partial charge is 0.365 e. The molecule has 3 aromatic rings. The molecular formula is C26H22F2N2O. The van der Waals surface area contributed by atoms with Gasteiger partial charge in [0.1, 0.15) is 11.6 Å². The van der Waals surface area contributed by atoms with Gasteiger partial charge < -0.3 is 4.74 Å². The molecule has 1 aromatic heterocycles. The first kappa shape index (κ1) is 18.7. The van der Waals surface area contributed by atoms with E-state index < -0.39 is 0 Å². The number of hydrogen-bond acceptors (Lipinski definition) is 2. The standard InChI is InChI=1S/C26H22F2N2O/c1-25-13-18-15-29-30(23-8-6-22(28)7-9-23)24(18)12-20(25)10-11-26(25)14-19(16-31-26)17-2-4-21(27)5-3-17/h2-9,12,14-15H,10-11,13,16H2,1H3/t25-,26+/m0/s1.